The molecular weight excluding hydrogens is 313 g/mol. The summed E-state index contributed by atoms with van der Waals surface area (Å²) in [5.74, 6) is -4.82. The van der Waals surface area contributed by atoms with Crippen LogP contribution < -0.4 is 4.90 Å². The number of nitrogens with zero attached hydrogens (tertiary/aromatic N) is 3. The van der Waals surface area contributed by atoms with Crippen molar-refractivity contribution in [3.05, 3.63) is 17.3 Å². The Kier molecular flexibility index (Phi) is 4.21. The zero-order chi connectivity index (χ0) is 16.5. The molecule has 0 amide bonds. The molecule has 2 rings (SSSR count). The standard InChI is InChI=1S/C12H12F5N3O2/c13-11(14)2-1-4-20(5-3-11)9-7(10(21)22)6-8(18-19-9)12(15,16)17/h6H,1-5H2,(H,21,22). The molecule has 1 aliphatic heterocycles. The number of carboxylic acids is 1. The van der Waals surface area contributed by atoms with Crippen LogP contribution in [0.2, 0.25) is 0 Å². The van der Waals surface area contributed by atoms with Gasteiger partial charge in [0.1, 0.15) is 5.56 Å². The molecular formula is C12H12F5N3O2. The lowest BCUT2D eigenvalue weighted by atomic mass is 10.1. The molecule has 5 nitrogen and oxygen atoms in total. The molecule has 122 valence electrons. The molecule has 0 aliphatic carbocycles. The van der Waals surface area contributed by atoms with Gasteiger partial charge in [-0.25, -0.2) is 13.6 Å². The Morgan fingerprint density at radius 1 is 1.23 bits per heavy atom. The van der Waals surface area contributed by atoms with Gasteiger partial charge >= 0.3 is 12.1 Å². The van der Waals surface area contributed by atoms with E-state index in [1.54, 1.807) is 0 Å². The largest absolute Gasteiger partial charge is 0.478 e. The third-order valence-electron chi connectivity index (χ3n) is 3.31. The van der Waals surface area contributed by atoms with Gasteiger partial charge in [-0.3, -0.25) is 0 Å². The number of carbonyl (C=O) groups is 1. The van der Waals surface area contributed by atoms with Crippen molar-refractivity contribution in [3.8, 4) is 0 Å². The molecule has 0 radical (unpaired) electrons. The predicted octanol–water partition coefficient (Wildman–Crippen LogP) is 2.82. The number of hydrogen-bond donors (Lipinski definition) is 1. The lowest BCUT2D eigenvalue weighted by Gasteiger charge is -2.22. The van der Waals surface area contributed by atoms with Crippen LogP contribution in [0.4, 0.5) is 27.8 Å². The number of aromatic carboxylic acids is 1. The number of halogens is 5. The number of anilines is 1. The molecule has 1 aromatic rings. The number of aromatic nitrogens is 2. The number of rotatable bonds is 2. The van der Waals surface area contributed by atoms with Gasteiger partial charge < -0.3 is 10.0 Å². The third-order valence-corrected chi connectivity index (χ3v) is 3.31. The second-order valence-corrected chi connectivity index (χ2v) is 4.97. The minimum absolute atomic E-state index is 0.0781. The molecule has 1 aromatic heterocycles. The zero-order valence-electron chi connectivity index (χ0n) is 11.2. The summed E-state index contributed by atoms with van der Waals surface area (Å²) in [6.45, 7) is -0.122. The summed E-state index contributed by atoms with van der Waals surface area (Å²) in [5.41, 5.74) is -2.14. The van der Waals surface area contributed by atoms with Gasteiger partial charge in [0.15, 0.2) is 11.5 Å². The van der Waals surface area contributed by atoms with Crippen LogP contribution >= 0.6 is 0 Å². The minimum Gasteiger partial charge on any atom is -0.478 e. The van der Waals surface area contributed by atoms with Crippen molar-refractivity contribution in [1.82, 2.24) is 10.2 Å². The smallest absolute Gasteiger partial charge is 0.435 e. The molecule has 0 bridgehead atoms. The molecule has 10 heteroatoms. The first-order chi connectivity index (χ1) is 10.1. The Bertz CT molecular complexity index is 576. The van der Waals surface area contributed by atoms with E-state index in [1.807, 2.05) is 0 Å². The zero-order valence-corrected chi connectivity index (χ0v) is 11.2. The fourth-order valence-electron chi connectivity index (χ4n) is 2.19. The maximum Gasteiger partial charge on any atom is 0.435 e. The third kappa shape index (κ3) is 3.60. The molecule has 0 saturated carbocycles. The Hall–Kier alpha value is -2.00. The van der Waals surface area contributed by atoms with E-state index in [0.717, 1.165) is 0 Å². The molecule has 0 spiro atoms. The van der Waals surface area contributed by atoms with Gasteiger partial charge in [0, 0.05) is 25.9 Å². The molecule has 0 unspecified atom stereocenters. The number of alkyl halides is 5. The molecule has 1 fully saturated rings. The summed E-state index contributed by atoms with van der Waals surface area (Å²) in [6, 6.07) is 0.369. The van der Waals surface area contributed by atoms with E-state index < -0.39 is 35.7 Å². The minimum atomic E-state index is -4.83. The van der Waals surface area contributed by atoms with Crippen molar-refractivity contribution in [1.29, 1.82) is 0 Å². The van der Waals surface area contributed by atoms with E-state index in [4.69, 9.17) is 5.11 Å². The van der Waals surface area contributed by atoms with E-state index >= 15 is 0 Å². The molecule has 2 heterocycles. The van der Waals surface area contributed by atoms with Crippen molar-refractivity contribution in [2.45, 2.75) is 31.4 Å². The Morgan fingerprint density at radius 3 is 2.50 bits per heavy atom. The summed E-state index contributed by atoms with van der Waals surface area (Å²) in [7, 11) is 0. The van der Waals surface area contributed by atoms with Crippen LogP contribution in [0.25, 0.3) is 0 Å². The fraction of sp³-hybridized carbons (Fsp3) is 0.583. The summed E-state index contributed by atoms with van der Waals surface area (Å²) in [6.07, 6.45) is -5.63. The van der Waals surface area contributed by atoms with Crippen LogP contribution in [0.3, 0.4) is 0 Å². The van der Waals surface area contributed by atoms with Crippen molar-refractivity contribution < 1.29 is 31.9 Å². The predicted molar refractivity (Wildman–Crippen MR) is 65.0 cm³/mol. The summed E-state index contributed by atoms with van der Waals surface area (Å²) < 4.78 is 64.3. The van der Waals surface area contributed by atoms with Crippen molar-refractivity contribution in [2.75, 3.05) is 18.0 Å². The second kappa shape index (κ2) is 5.65. The van der Waals surface area contributed by atoms with Gasteiger partial charge in [-0.2, -0.15) is 13.2 Å². The molecule has 0 aromatic carbocycles. The first kappa shape index (κ1) is 16.4. The van der Waals surface area contributed by atoms with E-state index in [1.165, 1.54) is 4.90 Å². The highest BCUT2D eigenvalue weighted by Crippen LogP contribution is 2.32. The second-order valence-electron chi connectivity index (χ2n) is 4.97. The average Bonchev–Trinajstić information content (AvgIpc) is 2.58. The van der Waals surface area contributed by atoms with Crippen LogP contribution in [0, 0.1) is 0 Å². The van der Waals surface area contributed by atoms with Crippen LogP contribution in [-0.4, -0.2) is 40.3 Å². The Labute approximate surface area is 121 Å². The first-order valence-corrected chi connectivity index (χ1v) is 6.41. The van der Waals surface area contributed by atoms with E-state index in [0.29, 0.717) is 6.07 Å². The first-order valence-electron chi connectivity index (χ1n) is 6.41. The van der Waals surface area contributed by atoms with E-state index in [-0.39, 0.29) is 31.7 Å². The molecule has 0 atom stereocenters. The van der Waals surface area contributed by atoms with Gasteiger partial charge in [0.05, 0.1) is 0 Å². The van der Waals surface area contributed by atoms with E-state index in [9.17, 15) is 26.7 Å². The maximum atomic E-state index is 13.3. The lowest BCUT2D eigenvalue weighted by molar-refractivity contribution is -0.141. The van der Waals surface area contributed by atoms with Gasteiger partial charge in [-0.05, 0) is 12.5 Å². The summed E-state index contributed by atoms with van der Waals surface area (Å²) in [5, 5.41) is 15.3. The SMILES string of the molecule is O=C(O)c1cc(C(F)(F)F)nnc1N1CCCC(F)(F)CC1. The summed E-state index contributed by atoms with van der Waals surface area (Å²) >= 11 is 0. The normalized spacial score (nSPS) is 18.9. The van der Waals surface area contributed by atoms with Crippen molar-refractivity contribution >= 4 is 11.8 Å². The maximum absolute atomic E-state index is 13.3. The highest BCUT2D eigenvalue weighted by molar-refractivity contribution is 5.93. The van der Waals surface area contributed by atoms with Crippen molar-refractivity contribution in [3.63, 3.8) is 0 Å². The van der Waals surface area contributed by atoms with Crippen molar-refractivity contribution in [2.24, 2.45) is 0 Å². The molecule has 1 aliphatic rings. The highest BCUT2D eigenvalue weighted by atomic mass is 19.4. The van der Waals surface area contributed by atoms with Crippen LogP contribution in [0.5, 0.6) is 0 Å². The monoisotopic (exact) mass is 325 g/mol. The lowest BCUT2D eigenvalue weighted by Crippen LogP contribution is -2.29. The van der Waals surface area contributed by atoms with Gasteiger partial charge in [-0.15, -0.1) is 10.2 Å². The quantitative estimate of drug-likeness (QED) is 0.847. The van der Waals surface area contributed by atoms with Gasteiger partial charge in [0.25, 0.3) is 0 Å². The van der Waals surface area contributed by atoms with Crippen LogP contribution in [0.1, 0.15) is 35.3 Å². The summed E-state index contributed by atoms with van der Waals surface area (Å²) in [4.78, 5) is 12.4. The number of carboxylic acid groups (broad SMARTS) is 1. The van der Waals surface area contributed by atoms with Gasteiger partial charge in [-0.1, -0.05) is 0 Å². The van der Waals surface area contributed by atoms with E-state index in [2.05, 4.69) is 10.2 Å². The molecule has 22 heavy (non-hydrogen) atoms. The molecule has 1 N–H and O–H groups in total. The van der Waals surface area contributed by atoms with Crippen LogP contribution in [0.15, 0.2) is 6.07 Å². The van der Waals surface area contributed by atoms with Crippen LogP contribution in [-0.2, 0) is 6.18 Å². The Morgan fingerprint density at radius 2 is 1.91 bits per heavy atom. The average molecular weight is 325 g/mol. The molecule has 1 saturated heterocycles. The highest BCUT2D eigenvalue weighted by Gasteiger charge is 2.37. The van der Waals surface area contributed by atoms with Gasteiger partial charge in [0.2, 0.25) is 5.92 Å². The topological polar surface area (TPSA) is 66.3 Å². The Balaban J connectivity index is 2.36. The number of hydrogen-bond acceptors (Lipinski definition) is 4. The fourth-order valence-corrected chi connectivity index (χ4v) is 2.19.